The first kappa shape index (κ1) is 14.6. The lowest BCUT2D eigenvalue weighted by atomic mass is 10.3. The first-order valence-electron chi connectivity index (χ1n) is 6.47. The Morgan fingerprint density at radius 1 is 1.19 bits per heavy atom. The van der Waals surface area contributed by atoms with Crippen molar-refractivity contribution in [1.29, 1.82) is 0 Å². The SMILES string of the molecule is O=C(CCOc1ccccc1)NCC(=O)Nc1cn[nH]c1. The Bertz CT molecular complexity index is 569. The minimum Gasteiger partial charge on any atom is -0.493 e. The molecule has 2 amide bonds. The highest BCUT2D eigenvalue weighted by Crippen LogP contribution is 2.08. The Labute approximate surface area is 121 Å². The Kier molecular flexibility index (Phi) is 5.33. The lowest BCUT2D eigenvalue weighted by molar-refractivity contribution is -0.124. The summed E-state index contributed by atoms with van der Waals surface area (Å²) in [5, 5.41) is 11.4. The van der Waals surface area contributed by atoms with Crippen LogP contribution in [0.25, 0.3) is 0 Å². The smallest absolute Gasteiger partial charge is 0.243 e. The molecule has 1 aromatic carbocycles. The summed E-state index contributed by atoms with van der Waals surface area (Å²) in [5.41, 5.74) is 0.557. The summed E-state index contributed by atoms with van der Waals surface area (Å²) < 4.78 is 5.39. The number of benzene rings is 1. The number of H-pyrrole nitrogens is 1. The van der Waals surface area contributed by atoms with E-state index in [4.69, 9.17) is 4.74 Å². The van der Waals surface area contributed by atoms with E-state index < -0.39 is 0 Å². The minimum atomic E-state index is -0.311. The van der Waals surface area contributed by atoms with E-state index in [1.54, 1.807) is 6.20 Å². The molecule has 0 atom stereocenters. The van der Waals surface area contributed by atoms with Crippen LogP contribution in [0.4, 0.5) is 5.69 Å². The van der Waals surface area contributed by atoms with E-state index in [9.17, 15) is 9.59 Å². The number of carbonyl (C=O) groups is 2. The van der Waals surface area contributed by atoms with E-state index in [0.717, 1.165) is 0 Å². The maximum Gasteiger partial charge on any atom is 0.243 e. The summed E-state index contributed by atoms with van der Waals surface area (Å²) in [6, 6.07) is 9.23. The highest BCUT2D eigenvalue weighted by molar-refractivity contribution is 5.94. The van der Waals surface area contributed by atoms with Gasteiger partial charge in [-0.15, -0.1) is 0 Å². The molecule has 0 aliphatic heterocycles. The van der Waals surface area contributed by atoms with Crippen molar-refractivity contribution < 1.29 is 14.3 Å². The Morgan fingerprint density at radius 3 is 2.71 bits per heavy atom. The van der Waals surface area contributed by atoms with Crippen molar-refractivity contribution in [3.05, 3.63) is 42.7 Å². The molecule has 110 valence electrons. The second-order valence-electron chi connectivity index (χ2n) is 4.22. The highest BCUT2D eigenvalue weighted by Gasteiger charge is 2.06. The number of anilines is 1. The fourth-order valence-electron chi connectivity index (χ4n) is 1.57. The number of carbonyl (C=O) groups excluding carboxylic acids is 2. The number of hydrogen-bond acceptors (Lipinski definition) is 4. The zero-order valence-corrected chi connectivity index (χ0v) is 11.3. The number of ether oxygens (including phenoxy) is 1. The third-order valence-corrected chi connectivity index (χ3v) is 2.57. The van der Waals surface area contributed by atoms with Crippen LogP contribution in [0.5, 0.6) is 5.75 Å². The largest absolute Gasteiger partial charge is 0.493 e. The van der Waals surface area contributed by atoms with E-state index in [-0.39, 0.29) is 31.4 Å². The molecule has 0 radical (unpaired) electrons. The van der Waals surface area contributed by atoms with Crippen LogP contribution in [0.2, 0.25) is 0 Å². The van der Waals surface area contributed by atoms with Crippen LogP contribution in [0.1, 0.15) is 6.42 Å². The van der Waals surface area contributed by atoms with Gasteiger partial charge in [0.25, 0.3) is 0 Å². The van der Waals surface area contributed by atoms with E-state index in [2.05, 4.69) is 20.8 Å². The predicted octanol–water partition coefficient (Wildman–Crippen LogP) is 0.933. The van der Waals surface area contributed by atoms with Crippen molar-refractivity contribution in [2.24, 2.45) is 0 Å². The van der Waals surface area contributed by atoms with Gasteiger partial charge in [0.15, 0.2) is 0 Å². The van der Waals surface area contributed by atoms with Crippen molar-refractivity contribution in [1.82, 2.24) is 15.5 Å². The monoisotopic (exact) mass is 288 g/mol. The van der Waals surface area contributed by atoms with Gasteiger partial charge in [-0.1, -0.05) is 18.2 Å². The second-order valence-corrected chi connectivity index (χ2v) is 4.22. The molecule has 21 heavy (non-hydrogen) atoms. The van der Waals surface area contributed by atoms with Crippen LogP contribution < -0.4 is 15.4 Å². The van der Waals surface area contributed by atoms with Gasteiger partial charge in [0, 0.05) is 6.20 Å². The summed E-state index contributed by atoms with van der Waals surface area (Å²) >= 11 is 0. The fourth-order valence-corrected chi connectivity index (χ4v) is 1.57. The van der Waals surface area contributed by atoms with Crippen molar-refractivity contribution in [3.8, 4) is 5.75 Å². The molecule has 2 rings (SSSR count). The van der Waals surface area contributed by atoms with Gasteiger partial charge in [0.05, 0.1) is 31.5 Å². The lowest BCUT2D eigenvalue weighted by Gasteiger charge is -2.07. The quantitative estimate of drug-likeness (QED) is 0.706. The van der Waals surface area contributed by atoms with Crippen LogP contribution in [-0.4, -0.2) is 35.2 Å². The van der Waals surface area contributed by atoms with E-state index in [0.29, 0.717) is 11.4 Å². The first-order valence-corrected chi connectivity index (χ1v) is 6.47. The number of rotatable bonds is 7. The topological polar surface area (TPSA) is 96.1 Å². The molecule has 0 fully saturated rings. The molecular formula is C14H16N4O3. The number of aromatic nitrogens is 2. The molecule has 2 aromatic rings. The van der Waals surface area contributed by atoms with Crippen molar-refractivity contribution in [2.75, 3.05) is 18.5 Å². The number of para-hydroxylation sites is 1. The Balaban J connectivity index is 1.60. The average Bonchev–Trinajstić information content (AvgIpc) is 2.99. The molecule has 0 bridgehead atoms. The number of nitrogens with one attached hydrogen (secondary N) is 3. The highest BCUT2D eigenvalue weighted by atomic mass is 16.5. The summed E-state index contributed by atoms with van der Waals surface area (Å²) in [7, 11) is 0. The molecule has 0 aliphatic rings. The third kappa shape index (κ3) is 5.35. The molecule has 0 unspecified atom stereocenters. The molecule has 1 heterocycles. The summed E-state index contributed by atoms with van der Waals surface area (Å²) in [6.45, 7) is 0.175. The first-order chi connectivity index (χ1) is 10.2. The summed E-state index contributed by atoms with van der Waals surface area (Å²) in [4.78, 5) is 23.1. The van der Waals surface area contributed by atoms with Gasteiger partial charge in [-0.3, -0.25) is 14.7 Å². The molecule has 1 aromatic heterocycles. The maximum atomic E-state index is 11.6. The van der Waals surface area contributed by atoms with E-state index >= 15 is 0 Å². The predicted molar refractivity (Wildman–Crippen MR) is 76.8 cm³/mol. The number of hydrogen-bond donors (Lipinski definition) is 3. The third-order valence-electron chi connectivity index (χ3n) is 2.57. The van der Waals surface area contributed by atoms with E-state index in [1.165, 1.54) is 6.20 Å². The maximum absolute atomic E-state index is 11.6. The number of amides is 2. The van der Waals surface area contributed by atoms with Crippen LogP contribution in [0, 0.1) is 0 Å². The van der Waals surface area contributed by atoms with Gasteiger partial charge in [-0.25, -0.2) is 0 Å². The molecule has 3 N–H and O–H groups in total. The van der Waals surface area contributed by atoms with Crippen molar-refractivity contribution in [2.45, 2.75) is 6.42 Å². The summed E-state index contributed by atoms with van der Waals surface area (Å²) in [6.07, 6.45) is 3.22. The van der Waals surface area contributed by atoms with E-state index in [1.807, 2.05) is 30.3 Å². The molecule has 0 saturated carbocycles. The molecular weight excluding hydrogens is 272 g/mol. The molecule has 0 aliphatic carbocycles. The van der Waals surface area contributed by atoms with Gasteiger partial charge < -0.3 is 15.4 Å². The van der Waals surface area contributed by atoms with Crippen molar-refractivity contribution >= 4 is 17.5 Å². The number of nitrogens with zero attached hydrogens (tertiary/aromatic N) is 1. The van der Waals surface area contributed by atoms with Gasteiger partial charge in [0.1, 0.15) is 5.75 Å². The lowest BCUT2D eigenvalue weighted by Crippen LogP contribution is -2.33. The standard InChI is InChI=1S/C14H16N4O3/c19-13(6-7-21-12-4-2-1-3-5-12)15-10-14(20)18-11-8-16-17-9-11/h1-5,8-9H,6-7,10H2,(H,15,19)(H,16,17)(H,18,20). The normalized spacial score (nSPS) is 9.90. The van der Waals surface area contributed by atoms with Gasteiger partial charge in [-0.05, 0) is 12.1 Å². The van der Waals surface area contributed by atoms with Gasteiger partial charge in [0.2, 0.25) is 11.8 Å². The Hall–Kier alpha value is -2.83. The molecule has 7 heteroatoms. The fraction of sp³-hybridized carbons (Fsp3) is 0.214. The second kappa shape index (κ2) is 7.68. The van der Waals surface area contributed by atoms with Crippen LogP contribution in [0.15, 0.2) is 42.7 Å². The van der Waals surface area contributed by atoms with Crippen LogP contribution >= 0.6 is 0 Å². The minimum absolute atomic E-state index is 0.0879. The van der Waals surface area contributed by atoms with Crippen LogP contribution in [0.3, 0.4) is 0 Å². The van der Waals surface area contributed by atoms with Crippen LogP contribution in [-0.2, 0) is 9.59 Å². The van der Waals surface area contributed by atoms with Crippen molar-refractivity contribution in [3.63, 3.8) is 0 Å². The molecule has 7 nitrogen and oxygen atoms in total. The molecule has 0 spiro atoms. The summed E-state index contributed by atoms with van der Waals surface area (Å²) in [5.74, 6) is 0.157. The van der Waals surface area contributed by atoms with Gasteiger partial charge in [-0.2, -0.15) is 5.10 Å². The zero-order chi connectivity index (χ0) is 14.9. The zero-order valence-electron chi connectivity index (χ0n) is 11.3. The molecule has 0 saturated heterocycles. The average molecular weight is 288 g/mol. The number of aromatic amines is 1. The van der Waals surface area contributed by atoms with Gasteiger partial charge >= 0.3 is 0 Å². The Morgan fingerprint density at radius 2 is 2.00 bits per heavy atom.